The van der Waals surface area contributed by atoms with Gasteiger partial charge in [0.1, 0.15) is 0 Å². The molecule has 4 rings (SSSR count). The summed E-state index contributed by atoms with van der Waals surface area (Å²) < 4.78 is 10.6. The van der Waals surface area contributed by atoms with Crippen LogP contribution in [0.3, 0.4) is 0 Å². The molecule has 0 unspecified atom stereocenters. The summed E-state index contributed by atoms with van der Waals surface area (Å²) in [4.78, 5) is 17.3. The highest BCUT2D eigenvalue weighted by Crippen LogP contribution is 2.33. The van der Waals surface area contributed by atoms with E-state index in [1.165, 1.54) is 0 Å². The van der Waals surface area contributed by atoms with Crippen LogP contribution in [-0.2, 0) is 0 Å². The number of benzene rings is 2. The van der Waals surface area contributed by atoms with Crippen LogP contribution in [0, 0.1) is 20.8 Å². The molecule has 0 aliphatic carbocycles. The highest BCUT2D eigenvalue weighted by molar-refractivity contribution is 6.09. The summed E-state index contributed by atoms with van der Waals surface area (Å²) in [7, 11) is 0. The number of rotatable bonds is 2. The van der Waals surface area contributed by atoms with E-state index in [0.29, 0.717) is 17.1 Å². The summed E-state index contributed by atoms with van der Waals surface area (Å²) in [6.45, 7) is 6.18. The minimum atomic E-state index is -0.190. The molecule has 5 heteroatoms. The minimum Gasteiger partial charge on any atom is -0.454 e. The molecule has 1 N–H and O–H groups in total. The normalized spacial score (nSPS) is 12.4. The molecule has 1 aliphatic heterocycles. The van der Waals surface area contributed by atoms with Crippen LogP contribution in [0.5, 0.6) is 11.5 Å². The van der Waals surface area contributed by atoms with Crippen LogP contribution in [-0.4, -0.2) is 17.7 Å². The van der Waals surface area contributed by atoms with E-state index < -0.39 is 0 Å². The van der Waals surface area contributed by atoms with Crippen molar-refractivity contribution in [1.82, 2.24) is 4.98 Å². The van der Waals surface area contributed by atoms with Crippen LogP contribution in [0.4, 0.5) is 5.69 Å². The summed E-state index contributed by atoms with van der Waals surface area (Å²) in [5.74, 6) is 1.06. The third kappa shape index (κ3) is 2.78. The number of aromatic nitrogens is 1. The molecule has 0 atom stereocenters. The van der Waals surface area contributed by atoms with E-state index in [2.05, 4.69) is 16.4 Å². The van der Waals surface area contributed by atoms with Crippen molar-refractivity contribution < 1.29 is 14.3 Å². The molecule has 0 spiro atoms. The van der Waals surface area contributed by atoms with Gasteiger partial charge in [-0.1, -0.05) is 11.6 Å². The van der Waals surface area contributed by atoms with E-state index in [0.717, 1.165) is 33.4 Å². The van der Waals surface area contributed by atoms with Crippen LogP contribution in [0.15, 0.2) is 36.4 Å². The summed E-state index contributed by atoms with van der Waals surface area (Å²) in [6, 6.07) is 11.2. The number of fused-ring (bicyclic) bond motifs is 2. The van der Waals surface area contributed by atoms with Crippen LogP contribution in [0.2, 0.25) is 0 Å². The number of amides is 1. The van der Waals surface area contributed by atoms with E-state index in [9.17, 15) is 4.79 Å². The Morgan fingerprint density at radius 2 is 1.84 bits per heavy atom. The van der Waals surface area contributed by atoms with Crippen molar-refractivity contribution >= 4 is 22.5 Å². The number of pyridine rings is 1. The molecule has 0 saturated heterocycles. The maximum atomic E-state index is 12.7. The Bertz CT molecular complexity index is 1010. The van der Waals surface area contributed by atoms with E-state index >= 15 is 0 Å². The van der Waals surface area contributed by atoms with E-state index in [1.54, 1.807) is 18.2 Å². The molecular weight excluding hydrogens is 316 g/mol. The minimum absolute atomic E-state index is 0.188. The SMILES string of the molecule is Cc1cc(C)c2nc(C)cc(NC(=O)c3ccc4c(c3)OCO4)c2c1. The largest absolute Gasteiger partial charge is 0.454 e. The third-order valence-electron chi connectivity index (χ3n) is 4.26. The Hall–Kier alpha value is -3.08. The number of anilines is 1. The Kier molecular flexibility index (Phi) is 3.57. The van der Waals surface area contributed by atoms with Crippen molar-refractivity contribution in [3.63, 3.8) is 0 Å². The van der Waals surface area contributed by atoms with E-state index in [1.807, 2.05) is 32.9 Å². The number of carbonyl (C=O) groups excluding carboxylic acids is 1. The quantitative estimate of drug-likeness (QED) is 0.765. The van der Waals surface area contributed by atoms with Crippen molar-refractivity contribution in [3.05, 3.63) is 58.8 Å². The molecule has 2 heterocycles. The van der Waals surface area contributed by atoms with Crippen molar-refractivity contribution in [2.75, 3.05) is 12.1 Å². The fourth-order valence-electron chi connectivity index (χ4n) is 3.14. The maximum Gasteiger partial charge on any atom is 0.255 e. The van der Waals surface area contributed by atoms with Gasteiger partial charge in [0, 0.05) is 16.6 Å². The third-order valence-corrected chi connectivity index (χ3v) is 4.26. The molecule has 0 bridgehead atoms. The van der Waals surface area contributed by atoms with Gasteiger partial charge in [-0.05, 0) is 56.7 Å². The van der Waals surface area contributed by atoms with Crippen molar-refractivity contribution in [2.45, 2.75) is 20.8 Å². The molecule has 3 aromatic rings. The van der Waals surface area contributed by atoms with Gasteiger partial charge in [0.15, 0.2) is 11.5 Å². The lowest BCUT2D eigenvalue weighted by atomic mass is 10.0. The van der Waals surface area contributed by atoms with Gasteiger partial charge in [0.2, 0.25) is 6.79 Å². The highest BCUT2D eigenvalue weighted by atomic mass is 16.7. The predicted octanol–water partition coefficient (Wildman–Crippen LogP) is 4.14. The fraction of sp³-hybridized carbons (Fsp3) is 0.200. The van der Waals surface area contributed by atoms with Gasteiger partial charge >= 0.3 is 0 Å². The van der Waals surface area contributed by atoms with E-state index in [4.69, 9.17) is 9.47 Å². The Labute approximate surface area is 145 Å². The second-order valence-corrected chi connectivity index (χ2v) is 6.31. The van der Waals surface area contributed by atoms with Gasteiger partial charge in [0.25, 0.3) is 5.91 Å². The van der Waals surface area contributed by atoms with Gasteiger partial charge in [-0.15, -0.1) is 0 Å². The Balaban J connectivity index is 1.74. The Morgan fingerprint density at radius 1 is 1.04 bits per heavy atom. The molecule has 1 aliphatic rings. The second kappa shape index (κ2) is 5.77. The predicted molar refractivity (Wildman–Crippen MR) is 96.5 cm³/mol. The number of ether oxygens (including phenoxy) is 2. The van der Waals surface area contributed by atoms with Gasteiger partial charge in [-0.2, -0.15) is 0 Å². The molecule has 126 valence electrons. The van der Waals surface area contributed by atoms with Gasteiger partial charge < -0.3 is 14.8 Å². The second-order valence-electron chi connectivity index (χ2n) is 6.31. The molecule has 0 radical (unpaired) electrons. The number of nitrogens with zero attached hydrogens (tertiary/aromatic N) is 1. The maximum absolute atomic E-state index is 12.7. The van der Waals surface area contributed by atoms with Crippen molar-refractivity contribution in [1.29, 1.82) is 0 Å². The summed E-state index contributed by atoms with van der Waals surface area (Å²) in [5, 5.41) is 3.95. The summed E-state index contributed by atoms with van der Waals surface area (Å²) in [6.07, 6.45) is 0. The summed E-state index contributed by atoms with van der Waals surface area (Å²) >= 11 is 0. The molecular formula is C20H18N2O3. The molecule has 1 aromatic heterocycles. The molecule has 0 fully saturated rings. The topological polar surface area (TPSA) is 60.5 Å². The number of aryl methyl sites for hydroxylation is 3. The Morgan fingerprint density at radius 3 is 2.68 bits per heavy atom. The highest BCUT2D eigenvalue weighted by Gasteiger charge is 2.17. The lowest BCUT2D eigenvalue weighted by Crippen LogP contribution is -2.12. The zero-order valence-electron chi connectivity index (χ0n) is 14.3. The monoisotopic (exact) mass is 334 g/mol. The number of carbonyl (C=O) groups is 1. The zero-order valence-corrected chi connectivity index (χ0v) is 14.3. The molecule has 25 heavy (non-hydrogen) atoms. The fourth-order valence-corrected chi connectivity index (χ4v) is 3.14. The van der Waals surface area contributed by atoms with Gasteiger partial charge in [0.05, 0.1) is 11.2 Å². The molecule has 2 aromatic carbocycles. The van der Waals surface area contributed by atoms with Crippen LogP contribution >= 0.6 is 0 Å². The van der Waals surface area contributed by atoms with Crippen LogP contribution < -0.4 is 14.8 Å². The molecule has 0 saturated carbocycles. The van der Waals surface area contributed by atoms with Crippen LogP contribution in [0.1, 0.15) is 27.2 Å². The van der Waals surface area contributed by atoms with Crippen LogP contribution in [0.25, 0.3) is 10.9 Å². The lowest BCUT2D eigenvalue weighted by Gasteiger charge is -2.12. The van der Waals surface area contributed by atoms with Crippen molar-refractivity contribution in [2.24, 2.45) is 0 Å². The standard InChI is InChI=1S/C20H18N2O3/c1-11-6-12(2)19-15(7-11)16(8-13(3)21-19)22-20(23)14-4-5-17-18(9-14)25-10-24-17/h4-9H,10H2,1-3H3,(H,21,22,23). The zero-order chi connectivity index (χ0) is 17.6. The molecule has 1 amide bonds. The van der Waals surface area contributed by atoms with Gasteiger partial charge in [-0.25, -0.2) is 0 Å². The first-order valence-electron chi connectivity index (χ1n) is 8.11. The van der Waals surface area contributed by atoms with Crippen molar-refractivity contribution in [3.8, 4) is 11.5 Å². The lowest BCUT2D eigenvalue weighted by molar-refractivity contribution is 0.102. The first-order chi connectivity index (χ1) is 12.0. The number of hydrogen-bond donors (Lipinski definition) is 1. The average molecular weight is 334 g/mol. The summed E-state index contributed by atoms with van der Waals surface area (Å²) in [5.41, 5.74) is 5.28. The number of nitrogens with one attached hydrogen (secondary N) is 1. The number of hydrogen-bond acceptors (Lipinski definition) is 4. The van der Waals surface area contributed by atoms with E-state index in [-0.39, 0.29) is 12.7 Å². The first-order valence-corrected chi connectivity index (χ1v) is 8.11. The average Bonchev–Trinajstić information content (AvgIpc) is 3.03. The first kappa shape index (κ1) is 15.4. The molecule has 5 nitrogen and oxygen atoms in total. The smallest absolute Gasteiger partial charge is 0.255 e. The van der Waals surface area contributed by atoms with Gasteiger partial charge in [-0.3, -0.25) is 9.78 Å².